The van der Waals surface area contributed by atoms with Crippen LogP contribution in [-0.4, -0.2) is 16.6 Å². The van der Waals surface area contributed by atoms with Gasteiger partial charge < -0.3 is 4.74 Å². The Hall–Kier alpha value is -2.68. The highest BCUT2D eigenvalue weighted by molar-refractivity contribution is 5.68. The lowest BCUT2D eigenvalue weighted by Crippen LogP contribution is -2.20. The molecule has 0 saturated heterocycles. The summed E-state index contributed by atoms with van der Waals surface area (Å²) in [5.74, 6) is 3.65. The van der Waals surface area contributed by atoms with Crippen LogP contribution in [0.4, 0.5) is 0 Å². The molecule has 0 radical (unpaired) electrons. The van der Waals surface area contributed by atoms with Gasteiger partial charge in [0.15, 0.2) is 5.82 Å². The zero-order valence-electron chi connectivity index (χ0n) is 24.5. The molecule has 39 heavy (non-hydrogen) atoms. The van der Waals surface area contributed by atoms with Crippen LogP contribution < -0.4 is 4.74 Å². The summed E-state index contributed by atoms with van der Waals surface area (Å²) in [6.07, 6.45) is 24.0. The van der Waals surface area contributed by atoms with Gasteiger partial charge in [-0.3, -0.25) is 0 Å². The molecular formula is C36H50N2O. The summed E-state index contributed by atoms with van der Waals surface area (Å²) < 4.78 is 6.13. The molecule has 1 aliphatic carbocycles. The molecule has 0 N–H and O–H groups in total. The molecule has 1 aliphatic rings. The van der Waals surface area contributed by atoms with E-state index in [1.165, 1.54) is 107 Å². The Morgan fingerprint density at radius 1 is 0.641 bits per heavy atom. The fraction of sp³-hybridized carbons (Fsp3) is 0.556. The van der Waals surface area contributed by atoms with Crippen molar-refractivity contribution in [2.24, 2.45) is 11.8 Å². The molecule has 1 aromatic heterocycles. The molecule has 3 heteroatoms. The molecule has 210 valence electrons. The first-order valence-corrected chi connectivity index (χ1v) is 15.9. The number of ether oxygens (including phenoxy) is 1. The van der Waals surface area contributed by atoms with Crippen molar-refractivity contribution in [2.45, 2.75) is 110 Å². The van der Waals surface area contributed by atoms with Crippen LogP contribution in [0.25, 0.3) is 22.5 Å². The van der Waals surface area contributed by atoms with E-state index in [4.69, 9.17) is 4.74 Å². The molecule has 1 heterocycles. The normalized spacial score (nSPS) is 17.3. The fourth-order valence-corrected chi connectivity index (χ4v) is 6.18. The lowest BCUT2D eigenvalue weighted by atomic mass is 9.74. The lowest BCUT2D eigenvalue weighted by Gasteiger charge is -2.31. The predicted octanol–water partition coefficient (Wildman–Crippen LogP) is 10.5. The van der Waals surface area contributed by atoms with Crippen LogP contribution in [0.1, 0.15) is 109 Å². The van der Waals surface area contributed by atoms with Gasteiger partial charge in [-0.15, -0.1) is 0 Å². The smallest absolute Gasteiger partial charge is 0.159 e. The SMILES string of the molecule is CCCCCCc1cnc(-c2ccc(-c3ccc(OCCCC4CCCCC4CCCCC)cc3)cc2)nc1. The number of rotatable bonds is 16. The highest BCUT2D eigenvalue weighted by Gasteiger charge is 2.24. The molecule has 2 unspecified atom stereocenters. The number of benzene rings is 2. The Kier molecular flexibility index (Phi) is 12.3. The number of nitrogens with zero attached hydrogens (tertiary/aromatic N) is 2. The summed E-state index contributed by atoms with van der Waals surface area (Å²) >= 11 is 0. The van der Waals surface area contributed by atoms with E-state index in [1.807, 2.05) is 12.4 Å². The average molecular weight is 527 g/mol. The predicted molar refractivity (Wildman–Crippen MR) is 165 cm³/mol. The summed E-state index contributed by atoms with van der Waals surface area (Å²) in [4.78, 5) is 9.24. The third-order valence-corrected chi connectivity index (χ3v) is 8.59. The Labute approximate surface area is 237 Å². The van der Waals surface area contributed by atoms with Crippen LogP contribution in [0.15, 0.2) is 60.9 Å². The molecule has 0 amide bonds. The summed E-state index contributed by atoms with van der Waals surface area (Å²) in [6, 6.07) is 17.1. The topological polar surface area (TPSA) is 35.0 Å². The van der Waals surface area contributed by atoms with E-state index >= 15 is 0 Å². The van der Waals surface area contributed by atoms with Gasteiger partial charge >= 0.3 is 0 Å². The molecule has 1 saturated carbocycles. The van der Waals surface area contributed by atoms with Gasteiger partial charge in [-0.1, -0.05) is 121 Å². The maximum atomic E-state index is 6.13. The van der Waals surface area contributed by atoms with E-state index in [1.54, 1.807) is 0 Å². The standard InChI is InChI=1S/C36H50N2O/c1-3-5-7-9-13-29-27-37-36(38-28-29)34-20-18-32(19-21-34)33-22-24-35(25-23-33)39-26-12-17-31-16-11-10-15-30(31)14-8-6-4-2/h18-25,27-28,30-31H,3-17,26H2,1-2H3. The Bertz CT molecular complexity index is 1060. The van der Waals surface area contributed by atoms with E-state index in [0.717, 1.165) is 42.0 Å². The third-order valence-electron chi connectivity index (χ3n) is 8.59. The second-order valence-corrected chi connectivity index (χ2v) is 11.6. The minimum absolute atomic E-state index is 0.795. The van der Waals surface area contributed by atoms with Gasteiger partial charge in [0.1, 0.15) is 5.75 Å². The Morgan fingerprint density at radius 3 is 1.85 bits per heavy atom. The largest absolute Gasteiger partial charge is 0.494 e. The summed E-state index contributed by atoms with van der Waals surface area (Å²) in [6.45, 7) is 5.38. The van der Waals surface area contributed by atoms with Crippen LogP contribution >= 0.6 is 0 Å². The zero-order chi connectivity index (χ0) is 27.1. The van der Waals surface area contributed by atoms with Crippen molar-refractivity contribution in [3.63, 3.8) is 0 Å². The molecule has 1 fully saturated rings. The van der Waals surface area contributed by atoms with Crippen molar-refractivity contribution in [1.82, 2.24) is 9.97 Å². The average Bonchev–Trinajstić information content (AvgIpc) is 2.99. The summed E-state index contributed by atoms with van der Waals surface area (Å²) in [7, 11) is 0. The quantitative estimate of drug-likeness (QED) is 0.174. The van der Waals surface area contributed by atoms with Gasteiger partial charge in [0, 0.05) is 18.0 Å². The number of unbranched alkanes of at least 4 members (excludes halogenated alkanes) is 5. The van der Waals surface area contributed by atoms with Gasteiger partial charge in [0.25, 0.3) is 0 Å². The number of hydrogen-bond acceptors (Lipinski definition) is 3. The first kappa shape index (κ1) is 29.3. The van der Waals surface area contributed by atoms with Gasteiger partial charge in [-0.25, -0.2) is 9.97 Å². The number of aromatic nitrogens is 2. The Balaban J connectivity index is 1.22. The van der Waals surface area contributed by atoms with Gasteiger partial charge in [0.2, 0.25) is 0 Å². The van der Waals surface area contributed by atoms with E-state index in [2.05, 4.69) is 72.3 Å². The maximum absolute atomic E-state index is 6.13. The molecule has 3 nitrogen and oxygen atoms in total. The fourth-order valence-electron chi connectivity index (χ4n) is 6.18. The van der Waals surface area contributed by atoms with Gasteiger partial charge in [-0.2, -0.15) is 0 Å². The molecule has 2 atom stereocenters. The Morgan fingerprint density at radius 2 is 1.21 bits per heavy atom. The first-order chi connectivity index (χ1) is 19.3. The van der Waals surface area contributed by atoms with Crippen molar-refractivity contribution in [3.05, 3.63) is 66.5 Å². The minimum Gasteiger partial charge on any atom is -0.494 e. The lowest BCUT2D eigenvalue weighted by molar-refractivity contribution is 0.190. The molecule has 3 aromatic rings. The van der Waals surface area contributed by atoms with Crippen LogP contribution in [0.2, 0.25) is 0 Å². The monoisotopic (exact) mass is 526 g/mol. The summed E-state index contributed by atoms with van der Waals surface area (Å²) in [5.41, 5.74) is 4.69. The highest BCUT2D eigenvalue weighted by atomic mass is 16.5. The minimum atomic E-state index is 0.795. The van der Waals surface area contributed by atoms with Gasteiger partial charge in [0.05, 0.1) is 6.61 Å². The van der Waals surface area contributed by atoms with Crippen LogP contribution in [-0.2, 0) is 6.42 Å². The molecule has 0 spiro atoms. The van der Waals surface area contributed by atoms with E-state index in [-0.39, 0.29) is 0 Å². The van der Waals surface area contributed by atoms with Crippen molar-refractivity contribution >= 4 is 0 Å². The van der Waals surface area contributed by atoms with E-state index < -0.39 is 0 Å². The van der Waals surface area contributed by atoms with Crippen molar-refractivity contribution in [3.8, 4) is 28.3 Å². The third kappa shape index (κ3) is 9.48. The van der Waals surface area contributed by atoms with E-state index in [0.29, 0.717) is 0 Å². The van der Waals surface area contributed by atoms with E-state index in [9.17, 15) is 0 Å². The van der Waals surface area contributed by atoms with Crippen LogP contribution in [0.3, 0.4) is 0 Å². The second kappa shape index (κ2) is 16.4. The van der Waals surface area contributed by atoms with Crippen molar-refractivity contribution in [2.75, 3.05) is 6.61 Å². The molecule has 0 bridgehead atoms. The molecular weight excluding hydrogens is 476 g/mol. The van der Waals surface area contributed by atoms with Crippen molar-refractivity contribution in [1.29, 1.82) is 0 Å². The molecule has 0 aliphatic heterocycles. The number of aryl methyl sites for hydroxylation is 1. The summed E-state index contributed by atoms with van der Waals surface area (Å²) in [5, 5.41) is 0. The molecule has 4 rings (SSSR count). The highest BCUT2D eigenvalue weighted by Crippen LogP contribution is 2.36. The van der Waals surface area contributed by atoms with Crippen LogP contribution in [0.5, 0.6) is 5.75 Å². The van der Waals surface area contributed by atoms with Crippen LogP contribution in [0, 0.1) is 11.8 Å². The van der Waals surface area contributed by atoms with Gasteiger partial charge in [-0.05, 0) is 66.3 Å². The first-order valence-electron chi connectivity index (χ1n) is 15.9. The maximum Gasteiger partial charge on any atom is 0.159 e. The second-order valence-electron chi connectivity index (χ2n) is 11.6. The van der Waals surface area contributed by atoms with Crippen molar-refractivity contribution < 1.29 is 4.74 Å². The zero-order valence-corrected chi connectivity index (χ0v) is 24.5. The number of hydrogen-bond donors (Lipinski definition) is 0. The molecule has 2 aromatic carbocycles.